The Hall–Kier alpha value is -1.78. The van der Waals surface area contributed by atoms with E-state index in [4.69, 9.17) is 0 Å². The van der Waals surface area contributed by atoms with Gasteiger partial charge >= 0.3 is 6.18 Å². The zero-order chi connectivity index (χ0) is 14.2. The fraction of sp³-hybridized carbons (Fsp3) is 0.357. The van der Waals surface area contributed by atoms with E-state index in [-0.39, 0.29) is 17.7 Å². The van der Waals surface area contributed by atoms with Gasteiger partial charge in [0.1, 0.15) is 5.78 Å². The first-order valence-corrected chi connectivity index (χ1v) is 6.02. The summed E-state index contributed by atoms with van der Waals surface area (Å²) in [6.07, 6.45) is -2.59. The summed E-state index contributed by atoms with van der Waals surface area (Å²) in [5, 5.41) is 0.506. The number of halogens is 3. The number of alkyl halides is 3. The summed E-state index contributed by atoms with van der Waals surface area (Å²) >= 11 is 0. The van der Waals surface area contributed by atoms with Crippen molar-refractivity contribution >= 4 is 16.7 Å². The van der Waals surface area contributed by atoms with Crippen LogP contribution < -0.4 is 0 Å². The van der Waals surface area contributed by atoms with Gasteiger partial charge in [0.05, 0.1) is 11.1 Å². The summed E-state index contributed by atoms with van der Waals surface area (Å²) in [4.78, 5) is 11.2. The molecular formula is C14H14F3NO. The molecule has 0 saturated heterocycles. The van der Waals surface area contributed by atoms with Crippen LogP contribution in [0.1, 0.15) is 25.0 Å². The Morgan fingerprint density at radius 1 is 1.32 bits per heavy atom. The number of carbonyl (C=O) groups excluding carboxylic acids is 1. The van der Waals surface area contributed by atoms with Crippen LogP contribution in [0.15, 0.2) is 24.4 Å². The maximum absolute atomic E-state index is 13.0. The highest BCUT2D eigenvalue weighted by molar-refractivity contribution is 5.91. The predicted octanol–water partition coefficient (Wildman–Crippen LogP) is 3.81. The summed E-state index contributed by atoms with van der Waals surface area (Å²) in [6.45, 7) is 3.65. The van der Waals surface area contributed by atoms with Gasteiger partial charge in [0.15, 0.2) is 0 Å². The standard InChI is InChI=1S/C14H14F3NO/c1-3-18-8-10(7-9(2)19)11-5-4-6-12(13(11)18)14(15,16)17/h4-6,8H,3,7H2,1-2H3. The Morgan fingerprint density at radius 2 is 2.00 bits per heavy atom. The van der Waals surface area contributed by atoms with Gasteiger partial charge in [-0.15, -0.1) is 0 Å². The molecule has 0 amide bonds. The highest BCUT2D eigenvalue weighted by atomic mass is 19.4. The minimum atomic E-state index is -4.39. The Morgan fingerprint density at radius 3 is 2.53 bits per heavy atom. The van der Waals surface area contributed by atoms with Crippen molar-refractivity contribution in [1.82, 2.24) is 4.57 Å². The SMILES string of the molecule is CCn1cc(CC(C)=O)c2cccc(C(F)(F)F)c21. The third kappa shape index (κ3) is 2.50. The van der Waals surface area contributed by atoms with Gasteiger partial charge in [0.25, 0.3) is 0 Å². The molecule has 0 radical (unpaired) electrons. The Bertz CT molecular complexity index is 625. The van der Waals surface area contributed by atoms with Gasteiger partial charge < -0.3 is 4.57 Å². The summed E-state index contributed by atoms with van der Waals surface area (Å²) < 4.78 is 40.6. The molecule has 19 heavy (non-hydrogen) atoms. The van der Waals surface area contributed by atoms with Crippen molar-refractivity contribution < 1.29 is 18.0 Å². The second-order valence-electron chi connectivity index (χ2n) is 4.52. The van der Waals surface area contributed by atoms with E-state index in [9.17, 15) is 18.0 Å². The average molecular weight is 269 g/mol. The summed E-state index contributed by atoms with van der Waals surface area (Å²) in [5.41, 5.74) is 0.158. The van der Waals surface area contributed by atoms with Crippen LogP contribution in [0.25, 0.3) is 10.9 Å². The van der Waals surface area contributed by atoms with Gasteiger partial charge in [-0.05, 0) is 25.5 Å². The largest absolute Gasteiger partial charge is 0.418 e. The van der Waals surface area contributed by atoms with Crippen LogP contribution in [0.2, 0.25) is 0 Å². The van der Waals surface area contributed by atoms with Crippen LogP contribution in [-0.2, 0) is 23.9 Å². The minimum Gasteiger partial charge on any atom is -0.347 e. The molecular weight excluding hydrogens is 255 g/mol. The smallest absolute Gasteiger partial charge is 0.347 e. The van der Waals surface area contributed by atoms with Crippen molar-refractivity contribution in [2.24, 2.45) is 0 Å². The molecule has 1 heterocycles. The van der Waals surface area contributed by atoms with Crippen molar-refractivity contribution in [2.75, 3.05) is 0 Å². The molecule has 0 saturated carbocycles. The van der Waals surface area contributed by atoms with E-state index in [1.807, 2.05) is 0 Å². The van der Waals surface area contributed by atoms with Crippen LogP contribution in [0.5, 0.6) is 0 Å². The first-order chi connectivity index (χ1) is 8.84. The third-order valence-electron chi connectivity index (χ3n) is 3.07. The molecule has 0 aliphatic rings. The molecule has 2 nitrogen and oxygen atoms in total. The summed E-state index contributed by atoms with van der Waals surface area (Å²) in [6, 6.07) is 4.09. The summed E-state index contributed by atoms with van der Waals surface area (Å²) in [5.74, 6) is -0.0624. The van der Waals surface area contributed by atoms with Gasteiger partial charge in [-0.1, -0.05) is 12.1 Å². The number of rotatable bonds is 3. The lowest BCUT2D eigenvalue weighted by Gasteiger charge is -2.11. The van der Waals surface area contributed by atoms with Gasteiger partial charge in [0.2, 0.25) is 0 Å². The van der Waals surface area contributed by atoms with Crippen LogP contribution in [0.4, 0.5) is 13.2 Å². The normalized spacial score (nSPS) is 12.1. The van der Waals surface area contributed by atoms with E-state index in [0.29, 0.717) is 17.5 Å². The first kappa shape index (κ1) is 13.6. The maximum Gasteiger partial charge on any atom is 0.418 e. The number of ketones is 1. The molecule has 0 bridgehead atoms. The lowest BCUT2D eigenvalue weighted by molar-refractivity contribution is -0.136. The highest BCUT2D eigenvalue weighted by Gasteiger charge is 2.34. The van der Waals surface area contributed by atoms with Crippen LogP contribution in [0, 0.1) is 0 Å². The molecule has 1 aromatic carbocycles. The van der Waals surface area contributed by atoms with Crippen molar-refractivity contribution in [2.45, 2.75) is 33.0 Å². The van der Waals surface area contributed by atoms with E-state index in [1.165, 1.54) is 13.0 Å². The van der Waals surface area contributed by atoms with Crippen molar-refractivity contribution in [3.05, 3.63) is 35.5 Å². The van der Waals surface area contributed by atoms with E-state index in [1.54, 1.807) is 23.8 Å². The number of hydrogen-bond donors (Lipinski definition) is 0. The van der Waals surface area contributed by atoms with Crippen LogP contribution in [-0.4, -0.2) is 10.4 Å². The monoisotopic (exact) mass is 269 g/mol. The molecule has 0 aliphatic carbocycles. The number of fused-ring (bicyclic) bond motifs is 1. The number of nitrogens with zero attached hydrogens (tertiary/aromatic N) is 1. The zero-order valence-corrected chi connectivity index (χ0v) is 10.7. The molecule has 0 atom stereocenters. The van der Waals surface area contributed by atoms with Gasteiger partial charge in [-0.25, -0.2) is 0 Å². The van der Waals surface area contributed by atoms with E-state index >= 15 is 0 Å². The zero-order valence-electron chi connectivity index (χ0n) is 10.7. The van der Waals surface area contributed by atoms with Crippen molar-refractivity contribution in [3.63, 3.8) is 0 Å². The second kappa shape index (κ2) is 4.72. The van der Waals surface area contributed by atoms with Crippen LogP contribution >= 0.6 is 0 Å². The van der Waals surface area contributed by atoms with Crippen LogP contribution in [0.3, 0.4) is 0 Å². The van der Waals surface area contributed by atoms with Gasteiger partial charge in [-0.2, -0.15) is 13.2 Å². The number of para-hydroxylation sites is 1. The number of hydrogen-bond acceptors (Lipinski definition) is 1. The van der Waals surface area contributed by atoms with Gasteiger partial charge in [0, 0.05) is 24.5 Å². The van der Waals surface area contributed by atoms with E-state index < -0.39 is 11.7 Å². The predicted molar refractivity (Wildman–Crippen MR) is 67.0 cm³/mol. The highest BCUT2D eigenvalue weighted by Crippen LogP contribution is 2.36. The molecule has 0 aliphatic heterocycles. The maximum atomic E-state index is 13.0. The lowest BCUT2D eigenvalue weighted by atomic mass is 10.1. The third-order valence-corrected chi connectivity index (χ3v) is 3.07. The Labute approximate surface area is 108 Å². The van der Waals surface area contributed by atoms with E-state index in [2.05, 4.69) is 0 Å². The molecule has 0 spiro atoms. The molecule has 5 heteroatoms. The topological polar surface area (TPSA) is 22.0 Å². The Balaban J connectivity index is 2.75. The van der Waals surface area contributed by atoms with Crippen molar-refractivity contribution in [3.8, 4) is 0 Å². The molecule has 2 rings (SSSR count). The fourth-order valence-electron chi connectivity index (χ4n) is 2.32. The van der Waals surface area contributed by atoms with Crippen molar-refractivity contribution in [1.29, 1.82) is 0 Å². The quantitative estimate of drug-likeness (QED) is 0.830. The lowest BCUT2D eigenvalue weighted by Crippen LogP contribution is -2.08. The number of Topliss-reactive ketones (excluding diaryl/α,β-unsaturated/α-hetero) is 1. The fourth-order valence-corrected chi connectivity index (χ4v) is 2.32. The minimum absolute atomic E-state index is 0.0624. The molecule has 1 aromatic heterocycles. The Kier molecular flexibility index (Phi) is 3.39. The second-order valence-corrected chi connectivity index (χ2v) is 4.52. The molecule has 2 aromatic rings. The molecule has 0 unspecified atom stereocenters. The number of aryl methyl sites for hydroxylation is 1. The first-order valence-electron chi connectivity index (χ1n) is 6.02. The van der Waals surface area contributed by atoms with E-state index in [0.717, 1.165) is 6.07 Å². The number of aromatic nitrogens is 1. The molecule has 102 valence electrons. The van der Waals surface area contributed by atoms with Gasteiger partial charge in [-0.3, -0.25) is 4.79 Å². The number of carbonyl (C=O) groups is 1. The average Bonchev–Trinajstić information content (AvgIpc) is 2.65. The molecule has 0 fully saturated rings. The molecule has 0 N–H and O–H groups in total. The number of benzene rings is 1. The summed E-state index contributed by atoms with van der Waals surface area (Å²) in [7, 11) is 0.